The van der Waals surface area contributed by atoms with E-state index in [0.717, 1.165) is 10.9 Å². The topological polar surface area (TPSA) is 74.0 Å². The number of carbonyl (C=O) groups is 2. The molecule has 0 fully saturated rings. The molecule has 1 heterocycles. The third-order valence-electron chi connectivity index (χ3n) is 2.90. The van der Waals surface area contributed by atoms with Gasteiger partial charge in [-0.3, -0.25) is 9.59 Å². The van der Waals surface area contributed by atoms with Gasteiger partial charge in [0.1, 0.15) is 0 Å². The molecule has 0 bridgehead atoms. The van der Waals surface area contributed by atoms with Gasteiger partial charge in [0.15, 0.2) is 0 Å². The molecule has 20 heavy (non-hydrogen) atoms. The van der Waals surface area contributed by atoms with Crippen LogP contribution in [0, 0.1) is 0 Å². The number of H-pyrrole nitrogens is 1. The van der Waals surface area contributed by atoms with Crippen LogP contribution in [0.25, 0.3) is 10.9 Å². The molecule has 0 aliphatic heterocycles. The number of amides is 2. The van der Waals surface area contributed by atoms with E-state index in [-0.39, 0.29) is 24.3 Å². The van der Waals surface area contributed by atoms with E-state index in [1.807, 2.05) is 32.2 Å². The summed E-state index contributed by atoms with van der Waals surface area (Å²) in [7, 11) is 0. The summed E-state index contributed by atoms with van der Waals surface area (Å²) in [5, 5.41) is 6.60. The molecule has 0 spiro atoms. The second kappa shape index (κ2) is 6.23. The van der Waals surface area contributed by atoms with Crippen LogP contribution in [0.2, 0.25) is 0 Å². The fourth-order valence-electron chi connectivity index (χ4n) is 1.97. The molecule has 0 atom stereocenters. The molecule has 2 amide bonds. The van der Waals surface area contributed by atoms with Gasteiger partial charge in [-0.1, -0.05) is 6.07 Å². The molecule has 0 aliphatic carbocycles. The lowest BCUT2D eigenvalue weighted by atomic mass is 10.1. The molecule has 0 aliphatic rings. The van der Waals surface area contributed by atoms with Crippen molar-refractivity contribution in [2.45, 2.75) is 26.3 Å². The monoisotopic (exact) mass is 273 g/mol. The molecule has 5 heteroatoms. The number of aromatic amines is 1. The summed E-state index contributed by atoms with van der Waals surface area (Å²) < 4.78 is 0. The zero-order chi connectivity index (χ0) is 14.5. The zero-order valence-corrected chi connectivity index (χ0v) is 11.7. The molecule has 106 valence electrons. The third kappa shape index (κ3) is 3.60. The van der Waals surface area contributed by atoms with Crippen molar-refractivity contribution in [3.05, 3.63) is 36.0 Å². The van der Waals surface area contributed by atoms with Crippen molar-refractivity contribution in [2.75, 3.05) is 6.54 Å². The molecular weight excluding hydrogens is 254 g/mol. The first-order valence-corrected chi connectivity index (χ1v) is 6.71. The number of benzene rings is 1. The molecule has 5 nitrogen and oxygen atoms in total. The molecule has 2 aromatic rings. The Balaban J connectivity index is 1.87. The van der Waals surface area contributed by atoms with Gasteiger partial charge < -0.3 is 15.6 Å². The van der Waals surface area contributed by atoms with Gasteiger partial charge in [0.25, 0.3) is 5.91 Å². The average molecular weight is 273 g/mol. The molecule has 0 saturated heterocycles. The largest absolute Gasteiger partial charge is 0.361 e. The number of rotatable bonds is 5. The molecule has 0 unspecified atom stereocenters. The van der Waals surface area contributed by atoms with Gasteiger partial charge in [-0.2, -0.15) is 0 Å². The maximum absolute atomic E-state index is 12.0. The Morgan fingerprint density at radius 3 is 2.80 bits per heavy atom. The Morgan fingerprint density at radius 1 is 1.25 bits per heavy atom. The van der Waals surface area contributed by atoms with E-state index < -0.39 is 0 Å². The van der Waals surface area contributed by atoms with Gasteiger partial charge in [-0.25, -0.2) is 0 Å². The van der Waals surface area contributed by atoms with Crippen LogP contribution in [0.4, 0.5) is 0 Å². The molecule has 1 aromatic heterocycles. The third-order valence-corrected chi connectivity index (χ3v) is 2.90. The predicted octanol–water partition coefficient (Wildman–Crippen LogP) is 1.81. The summed E-state index contributed by atoms with van der Waals surface area (Å²) in [6, 6.07) is 7.55. The van der Waals surface area contributed by atoms with E-state index in [4.69, 9.17) is 0 Å². The second-order valence-corrected chi connectivity index (χ2v) is 5.01. The first-order valence-electron chi connectivity index (χ1n) is 6.71. The average Bonchev–Trinajstić information content (AvgIpc) is 2.84. The fraction of sp³-hybridized carbons (Fsp3) is 0.333. The van der Waals surface area contributed by atoms with Crippen LogP contribution in [0.15, 0.2) is 30.5 Å². The summed E-state index contributed by atoms with van der Waals surface area (Å²) >= 11 is 0. The number of hydrogen-bond donors (Lipinski definition) is 3. The van der Waals surface area contributed by atoms with E-state index in [9.17, 15) is 9.59 Å². The highest BCUT2D eigenvalue weighted by Gasteiger charge is 2.08. The Labute approximate surface area is 117 Å². The highest BCUT2D eigenvalue weighted by atomic mass is 16.2. The van der Waals surface area contributed by atoms with Gasteiger partial charge in [0.2, 0.25) is 5.91 Å². The molecular formula is C15H19N3O2. The molecule has 1 aromatic carbocycles. The SMILES string of the molecule is CC(C)NC(=O)CCNC(=O)c1ccc2cc[nH]c2c1. The van der Waals surface area contributed by atoms with E-state index in [1.165, 1.54) is 0 Å². The Hall–Kier alpha value is -2.30. The van der Waals surface area contributed by atoms with Crippen LogP contribution in [0.3, 0.4) is 0 Å². The lowest BCUT2D eigenvalue weighted by molar-refractivity contribution is -0.121. The summed E-state index contributed by atoms with van der Waals surface area (Å²) in [6.07, 6.45) is 2.12. The number of aromatic nitrogens is 1. The van der Waals surface area contributed by atoms with Gasteiger partial charge >= 0.3 is 0 Å². The smallest absolute Gasteiger partial charge is 0.251 e. The number of nitrogens with one attached hydrogen (secondary N) is 3. The van der Waals surface area contributed by atoms with Gasteiger partial charge in [-0.15, -0.1) is 0 Å². The standard InChI is InChI=1S/C15H19N3O2/c1-10(2)18-14(19)6-8-17-15(20)12-4-3-11-5-7-16-13(11)9-12/h3-5,7,9-10,16H,6,8H2,1-2H3,(H,17,20)(H,18,19). The van der Waals surface area contributed by atoms with Crippen LogP contribution < -0.4 is 10.6 Å². The molecule has 0 radical (unpaired) electrons. The molecule has 2 rings (SSSR count). The maximum atomic E-state index is 12.0. The van der Waals surface area contributed by atoms with E-state index in [1.54, 1.807) is 12.1 Å². The van der Waals surface area contributed by atoms with Crippen molar-refractivity contribution in [1.29, 1.82) is 0 Å². The zero-order valence-electron chi connectivity index (χ0n) is 11.7. The first kappa shape index (κ1) is 14.1. The normalized spacial score (nSPS) is 10.8. The molecule has 0 saturated carbocycles. The maximum Gasteiger partial charge on any atom is 0.251 e. The summed E-state index contributed by atoms with van der Waals surface area (Å²) in [6.45, 7) is 4.14. The quantitative estimate of drug-likeness (QED) is 0.777. The van der Waals surface area contributed by atoms with Crippen LogP contribution in [-0.2, 0) is 4.79 Å². The van der Waals surface area contributed by atoms with Crippen molar-refractivity contribution < 1.29 is 9.59 Å². The summed E-state index contributed by atoms with van der Waals surface area (Å²) in [5.41, 5.74) is 1.51. The van der Waals surface area contributed by atoms with Crippen molar-refractivity contribution in [3.63, 3.8) is 0 Å². The Kier molecular flexibility index (Phi) is 4.40. The highest BCUT2D eigenvalue weighted by Crippen LogP contribution is 2.13. The van der Waals surface area contributed by atoms with Gasteiger partial charge in [0.05, 0.1) is 0 Å². The van der Waals surface area contributed by atoms with Crippen LogP contribution in [-0.4, -0.2) is 29.4 Å². The summed E-state index contributed by atoms with van der Waals surface area (Å²) in [5.74, 6) is -0.223. The minimum atomic E-state index is -0.168. The molecule has 3 N–H and O–H groups in total. The van der Waals surface area contributed by atoms with E-state index in [2.05, 4.69) is 15.6 Å². The van der Waals surface area contributed by atoms with E-state index >= 15 is 0 Å². The number of fused-ring (bicyclic) bond motifs is 1. The minimum Gasteiger partial charge on any atom is -0.361 e. The van der Waals surface area contributed by atoms with Crippen molar-refractivity contribution in [2.24, 2.45) is 0 Å². The van der Waals surface area contributed by atoms with Gasteiger partial charge in [-0.05, 0) is 37.4 Å². The predicted molar refractivity (Wildman–Crippen MR) is 78.5 cm³/mol. The Bertz CT molecular complexity index is 616. The van der Waals surface area contributed by atoms with Crippen molar-refractivity contribution in [1.82, 2.24) is 15.6 Å². The van der Waals surface area contributed by atoms with Crippen molar-refractivity contribution in [3.8, 4) is 0 Å². The summed E-state index contributed by atoms with van der Waals surface area (Å²) in [4.78, 5) is 26.5. The fourth-order valence-corrected chi connectivity index (χ4v) is 1.97. The first-order chi connectivity index (χ1) is 9.56. The van der Waals surface area contributed by atoms with Crippen LogP contribution in [0.1, 0.15) is 30.6 Å². The number of carbonyl (C=O) groups excluding carboxylic acids is 2. The number of hydrogen-bond acceptors (Lipinski definition) is 2. The second-order valence-electron chi connectivity index (χ2n) is 5.01. The highest BCUT2D eigenvalue weighted by molar-refractivity contribution is 5.98. The van der Waals surface area contributed by atoms with Crippen molar-refractivity contribution >= 4 is 22.7 Å². The van der Waals surface area contributed by atoms with Crippen LogP contribution in [0.5, 0.6) is 0 Å². The Morgan fingerprint density at radius 2 is 2.05 bits per heavy atom. The lowest BCUT2D eigenvalue weighted by Gasteiger charge is -2.09. The van der Waals surface area contributed by atoms with E-state index in [0.29, 0.717) is 12.1 Å². The minimum absolute atomic E-state index is 0.0554. The van der Waals surface area contributed by atoms with Crippen LogP contribution >= 0.6 is 0 Å². The lowest BCUT2D eigenvalue weighted by Crippen LogP contribution is -2.34. The van der Waals surface area contributed by atoms with Gasteiger partial charge in [0, 0.05) is 36.3 Å².